The molecule has 1 saturated carbocycles. The molecule has 0 bridgehead atoms. The third-order valence-electron chi connectivity index (χ3n) is 1.34. The first-order valence-electron chi connectivity index (χ1n) is 2.82. The molecule has 45 valence electrons. The highest BCUT2D eigenvalue weighted by atomic mass is 32.2. The third kappa shape index (κ3) is 1.47. The second-order valence-electron chi connectivity index (χ2n) is 1.93. The van der Waals surface area contributed by atoms with Crippen LogP contribution in [0, 0.1) is 10.8 Å². The molecule has 2 nitrogen and oxygen atoms in total. The van der Waals surface area contributed by atoms with Gasteiger partial charge in [-0.25, -0.2) is 0 Å². The zero-order valence-electron chi connectivity index (χ0n) is 4.68. The van der Waals surface area contributed by atoms with E-state index in [1.807, 2.05) is 0 Å². The molecule has 0 amide bonds. The van der Waals surface area contributed by atoms with Gasteiger partial charge in [0.05, 0.1) is 5.25 Å². The van der Waals surface area contributed by atoms with Crippen molar-refractivity contribution in [3.05, 3.63) is 5.25 Å². The van der Waals surface area contributed by atoms with Gasteiger partial charge in [-0.3, -0.25) is 0 Å². The summed E-state index contributed by atoms with van der Waals surface area (Å²) in [5.41, 5.74) is 6.53. The highest BCUT2D eigenvalue weighted by molar-refractivity contribution is 8.00. The number of rotatable bonds is 2. The molecular weight excluding hydrogens is 120 g/mol. The molecule has 1 aliphatic carbocycles. The van der Waals surface area contributed by atoms with Gasteiger partial charge < -0.3 is 0 Å². The summed E-state index contributed by atoms with van der Waals surface area (Å²) in [4.78, 5) is 0. The molecule has 1 rings (SSSR count). The van der Waals surface area contributed by atoms with Gasteiger partial charge in [-0.15, -0.1) is 4.52 Å². The van der Waals surface area contributed by atoms with Crippen LogP contribution < -0.4 is 0 Å². The Morgan fingerprint density at radius 1 is 1.38 bits per heavy atom. The summed E-state index contributed by atoms with van der Waals surface area (Å²) in [7, 11) is 0. The zero-order chi connectivity index (χ0) is 5.82. The van der Waals surface area contributed by atoms with Crippen LogP contribution in [0.4, 0.5) is 0 Å². The molecule has 1 fully saturated rings. The standard InChI is InChI=1S/C5H9N2S/c6-7-8-5-3-1-2-4-5/h6H,1-4H2. The molecule has 0 aliphatic heterocycles. The van der Waals surface area contributed by atoms with E-state index in [4.69, 9.17) is 5.53 Å². The summed E-state index contributed by atoms with van der Waals surface area (Å²) in [6.07, 6.45) is 4.98. The molecule has 0 saturated heterocycles. The van der Waals surface area contributed by atoms with Gasteiger partial charge in [0.1, 0.15) is 0 Å². The van der Waals surface area contributed by atoms with Gasteiger partial charge in [-0.1, -0.05) is 12.8 Å². The molecule has 0 unspecified atom stereocenters. The number of hydrogen-bond acceptors (Lipinski definition) is 3. The fourth-order valence-corrected chi connectivity index (χ4v) is 1.53. The first kappa shape index (κ1) is 6.08. The van der Waals surface area contributed by atoms with E-state index in [-0.39, 0.29) is 0 Å². The van der Waals surface area contributed by atoms with Crippen LogP contribution in [-0.4, -0.2) is 0 Å². The molecule has 1 radical (unpaired) electrons. The van der Waals surface area contributed by atoms with Crippen molar-refractivity contribution in [2.24, 2.45) is 4.52 Å². The Morgan fingerprint density at radius 3 is 2.50 bits per heavy atom. The summed E-state index contributed by atoms with van der Waals surface area (Å²) >= 11 is 1.35. The van der Waals surface area contributed by atoms with Gasteiger partial charge in [0.25, 0.3) is 0 Å². The Balaban J connectivity index is 2.14. The van der Waals surface area contributed by atoms with E-state index in [1.165, 1.54) is 42.9 Å². The largest absolute Gasteiger partial charge is 0.198 e. The van der Waals surface area contributed by atoms with Crippen molar-refractivity contribution in [2.45, 2.75) is 25.7 Å². The molecule has 1 N–H and O–H groups in total. The van der Waals surface area contributed by atoms with Crippen LogP contribution in [0.15, 0.2) is 4.52 Å². The van der Waals surface area contributed by atoms with Crippen molar-refractivity contribution in [1.29, 1.82) is 5.53 Å². The number of nitrogens with zero attached hydrogens (tertiary/aromatic N) is 1. The fraction of sp³-hybridized carbons (Fsp3) is 0.800. The lowest BCUT2D eigenvalue weighted by Gasteiger charge is -1.96. The molecule has 1 aliphatic rings. The zero-order valence-corrected chi connectivity index (χ0v) is 5.50. The first-order valence-corrected chi connectivity index (χ1v) is 3.59. The lowest BCUT2D eigenvalue weighted by molar-refractivity contribution is 0.886. The summed E-state index contributed by atoms with van der Waals surface area (Å²) < 4.78 is 3.25. The van der Waals surface area contributed by atoms with E-state index in [1.54, 1.807) is 0 Å². The average Bonchev–Trinajstić information content (AvgIpc) is 2.19. The quantitative estimate of drug-likeness (QED) is 0.451. The Kier molecular flexibility index (Phi) is 2.33. The maximum Gasteiger partial charge on any atom is 0.0561 e. The summed E-state index contributed by atoms with van der Waals surface area (Å²) in [6, 6.07) is 0. The Hall–Kier alpha value is -0.0500. The molecule has 0 aromatic carbocycles. The molecule has 0 atom stereocenters. The molecule has 0 aromatic heterocycles. The molecule has 3 heteroatoms. The summed E-state index contributed by atoms with van der Waals surface area (Å²) in [5, 5.41) is 1.39. The van der Waals surface area contributed by atoms with Gasteiger partial charge in [0, 0.05) is 11.9 Å². The highest BCUT2D eigenvalue weighted by Gasteiger charge is 2.15. The van der Waals surface area contributed by atoms with E-state index in [2.05, 4.69) is 4.52 Å². The van der Waals surface area contributed by atoms with Crippen molar-refractivity contribution >= 4 is 11.9 Å². The molecule has 0 spiro atoms. The van der Waals surface area contributed by atoms with Crippen molar-refractivity contribution in [3.8, 4) is 0 Å². The van der Waals surface area contributed by atoms with Gasteiger partial charge in [-0.05, 0) is 12.8 Å². The maximum atomic E-state index is 6.53. The van der Waals surface area contributed by atoms with Gasteiger partial charge in [0.2, 0.25) is 0 Å². The topological polar surface area (TPSA) is 36.2 Å². The molecule has 0 aromatic rings. The van der Waals surface area contributed by atoms with E-state index < -0.39 is 0 Å². The van der Waals surface area contributed by atoms with Crippen molar-refractivity contribution in [2.75, 3.05) is 0 Å². The molecular formula is C5H9N2S. The monoisotopic (exact) mass is 129 g/mol. The van der Waals surface area contributed by atoms with E-state index in [0.717, 1.165) is 0 Å². The van der Waals surface area contributed by atoms with Crippen LogP contribution >= 0.6 is 11.9 Å². The average molecular weight is 129 g/mol. The minimum absolute atomic E-state index is 1.19. The van der Waals surface area contributed by atoms with Crippen LogP contribution in [0.5, 0.6) is 0 Å². The lowest BCUT2D eigenvalue weighted by Crippen LogP contribution is -1.76. The third-order valence-corrected chi connectivity index (χ3v) is 2.09. The van der Waals surface area contributed by atoms with Crippen LogP contribution in [0.25, 0.3) is 0 Å². The van der Waals surface area contributed by atoms with Crippen LogP contribution in [0.2, 0.25) is 0 Å². The SMILES string of the molecule is N=NS[C]1CCCC1. The van der Waals surface area contributed by atoms with E-state index in [0.29, 0.717) is 0 Å². The predicted molar refractivity (Wildman–Crippen MR) is 34.4 cm³/mol. The Bertz CT molecular complexity index is 78.5. The summed E-state index contributed by atoms with van der Waals surface area (Å²) in [6.45, 7) is 0. The number of nitrogens with one attached hydrogen (secondary N) is 1. The van der Waals surface area contributed by atoms with Crippen molar-refractivity contribution in [3.63, 3.8) is 0 Å². The van der Waals surface area contributed by atoms with Crippen LogP contribution in [-0.2, 0) is 0 Å². The minimum Gasteiger partial charge on any atom is -0.198 e. The fourth-order valence-electron chi connectivity index (χ4n) is 0.925. The smallest absolute Gasteiger partial charge is 0.0561 e. The lowest BCUT2D eigenvalue weighted by atomic mass is 10.4. The first-order chi connectivity index (χ1) is 3.93. The van der Waals surface area contributed by atoms with E-state index >= 15 is 0 Å². The van der Waals surface area contributed by atoms with Crippen LogP contribution in [0.1, 0.15) is 25.7 Å². The Labute approximate surface area is 53.7 Å². The summed E-state index contributed by atoms with van der Waals surface area (Å²) in [5.74, 6) is 0. The van der Waals surface area contributed by atoms with Gasteiger partial charge >= 0.3 is 0 Å². The van der Waals surface area contributed by atoms with Gasteiger partial charge in [-0.2, -0.15) is 5.53 Å². The molecule has 0 heterocycles. The normalized spacial score (nSPS) is 21.5. The maximum absolute atomic E-state index is 6.53. The highest BCUT2D eigenvalue weighted by Crippen LogP contribution is 2.36. The van der Waals surface area contributed by atoms with Crippen LogP contribution in [0.3, 0.4) is 0 Å². The second-order valence-corrected chi connectivity index (χ2v) is 2.87. The van der Waals surface area contributed by atoms with Crippen molar-refractivity contribution in [1.82, 2.24) is 0 Å². The Morgan fingerprint density at radius 2 is 2.00 bits per heavy atom. The van der Waals surface area contributed by atoms with E-state index in [9.17, 15) is 0 Å². The van der Waals surface area contributed by atoms with Gasteiger partial charge in [0.15, 0.2) is 0 Å². The molecule has 8 heavy (non-hydrogen) atoms. The number of hydrogen-bond donors (Lipinski definition) is 1. The minimum atomic E-state index is 1.19. The second kappa shape index (κ2) is 3.07. The predicted octanol–water partition coefficient (Wildman–Crippen LogP) is 2.77. The van der Waals surface area contributed by atoms with Crippen molar-refractivity contribution < 1.29 is 0 Å².